The quantitative estimate of drug-likeness (QED) is 0.507. The van der Waals surface area contributed by atoms with Gasteiger partial charge in [0, 0.05) is 10.5 Å². The Morgan fingerprint density at radius 2 is 1.96 bits per heavy atom. The number of nitrogens with one attached hydrogen (secondary N) is 1. The molecular weight excluding hydrogens is 336 g/mol. The fourth-order valence-electron chi connectivity index (χ4n) is 2.33. The molecule has 2 aromatic carbocycles. The van der Waals surface area contributed by atoms with Crippen LogP contribution in [0.1, 0.15) is 18.1 Å². The van der Waals surface area contributed by atoms with E-state index < -0.39 is 0 Å². The van der Waals surface area contributed by atoms with Crippen molar-refractivity contribution < 1.29 is 14.3 Å². The molecule has 0 saturated heterocycles. The summed E-state index contributed by atoms with van der Waals surface area (Å²) >= 11 is 1.50. The maximum atomic E-state index is 12.2. The highest BCUT2D eigenvalue weighted by molar-refractivity contribution is 8.00. The van der Waals surface area contributed by atoms with Crippen molar-refractivity contribution in [2.45, 2.75) is 24.0 Å². The largest absolute Gasteiger partial charge is 0.486 e. The second kappa shape index (κ2) is 8.07. The van der Waals surface area contributed by atoms with Crippen LogP contribution >= 0.6 is 11.8 Å². The second-order valence-corrected chi connectivity index (χ2v) is 7.09. The van der Waals surface area contributed by atoms with Gasteiger partial charge in [-0.25, -0.2) is 5.43 Å². The Kier molecular flexibility index (Phi) is 5.60. The molecule has 25 heavy (non-hydrogen) atoms. The summed E-state index contributed by atoms with van der Waals surface area (Å²) in [4.78, 5) is 13.2. The van der Waals surface area contributed by atoms with Crippen molar-refractivity contribution in [3.05, 3.63) is 53.6 Å². The lowest BCUT2D eigenvalue weighted by atomic mass is 10.2. The minimum atomic E-state index is -0.246. The monoisotopic (exact) mass is 356 g/mol. The van der Waals surface area contributed by atoms with Crippen LogP contribution in [0, 0.1) is 6.92 Å². The van der Waals surface area contributed by atoms with Crippen molar-refractivity contribution in [2.24, 2.45) is 5.10 Å². The van der Waals surface area contributed by atoms with E-state index in [0.29, 0.717) is 24.7 Å². The maximum absolute atomic E-state index is 12.2. The first kappa shape index (κ1) is 17.4. The van der Waals surface area contributed by atoms with Crippen molar-refractivity contribution in [1.29, 1.82) is 0 Å². The van der Waals surface area contributed by atoms with E-state index in [2.05, 4.69) is 10.5 Å². The topological polar surface area (TPSA) is 59.9 Å². The summed E-state index contributed by atoms with van der Waals surface area (Å²) in [7, 11) is 0. The Labute approximate surface area is 151 Å². The standard InChI is InChI=1S/C19H20N2O3S/c1-13-6-8-16(9-7-13)25-14(2)19(22)21-20-12-15-4-3-5-17-18(15)24-11-10-23-17/h3-9,12,14H,10-11H2,1-2H3,(H,21,22)/b20-12-/t14-/m1/s1. The summed E-state index contributed by atoms with van der Waals surface area (Å²) in [5.74, 6) is 1.21. The summed E-state index contributed by atoms with van der Waals surface area (Å²) in [5.41, 5.74) is 4.55. The number of rotatable bonds is 5. The summed E-state index contributed by atoms with van der Waals surface area (Å²) in [6, 6.07) is 13.7. The van der Waals surface area contributed by atoms with Crippen LogP contribution in [0.3, 0.4) is 0 Å². The van der Waals surface area contributed by atoms with Gasteiger partial charge in [-0.1, -0.05) is 23.8 Å². The molecule has 5 nitrogen and oxygen atoms in total. The van der Waals surface area contributed by atoms with Crippen molar-refractivity contribution in [1.82, 2.24) is 5.43 Å². The molecule has 0 fully saturated rings. The molecule has 1 aliphatic heterocycles. The molecule has 3 rings (SSSR count). The molecule has 0 saturated carbocycles. The van der Waals surface area contributed by atoms with E-state index in [1.165, 1.54) is 17.3 Å². The van der Waals surface area contributed by atoms with E-state index in [4.69, 9.17) is 9.47 Å². The van der Waals surface area contributed by atoms with E-state index in [-0.39, 0.29) is 11.2 Å². The number of benzene rings is 2. The molecule has 1 atom stereocenters. The van der Waals surface area contributed by atoms with Gasteiger partial charge in [0.1, 0.15) is 13.2 Å². The lowest BCUT2D eigenvalue weighted by molar-refractivity contribution is -0.120. The highest BCUT2D eigenvalue weighted by Gasteiger charge is 2.15. The normalized spacial score (nSPS) is 14.3. The number of thioether (sulfide) groups is 1. The molecular formula is C19H20N2O3S. The van der Waals surface area contributed by atoms with Gasteiger partial charge in [-0.15, -0.1) is 11.8 Å². The van der Waals surface area contributed by atoms with Crippen LogP contribution in [0.25, 0.3) is 0 Å². The molecule has 2 aromatic rings. The molecule has 0 unspecified atom stereocenters. The summed E-state index contributed by atoms with van der Waals surface area (Å²) in [6.45, 7) is 4.94. The van der Waals surface area contributed by atoms with Gasteiger partial charge in [0.2, 0.25) is 0 Å². The van der Waals surface area contributed by atoms with Crippen LogP contribution in [-0.4, -0.2) is 30.6 Å². The number of amides is 1. The summed E-state index contributed by atoms with van der Waals surface area (Å²) in [5, 5.41) is 3.81. The SMILES string of the molecule is Cc1ccc(S[C@H](C)C(=O)N/N=C\c2cccc3c2OCCO3)cc1. The first-order chi connectivity index (χ1) is 12.1. The first-order valence-corrected chi connectivity index (χ1v) is 8.96. The number of hydrazone groups is 1. The third-order valence-electron chi connectivity index (χ3n) is 3.68. The average molecular weight is 356 g/mol. The summed E-state index contributed by atoms with van der Waals surface area (Å²) in [6.07, 6.45) is 1.58. The average Bonchev–Trinajstić information content (AvgIpc) is 2.63. The van der Waals surface area contributed by atoms with Gasteiger partial charge in [0.25, 0.3) is 5.91 Å². The van der Waals surface area contributed by atoms with Crippen molar-refractivity contribution in [2.75, 3.05) is 13.2 Å². The van der Waals surface area contributed by atoms with Crippen molar-refractivity contribution in [3.63, 3.8) is 0 Å². The van der Waals surface area contributed by atoms with E-state index in [1.54, 1.807) is 6.21 Å². The Hall–Kier alpha value is -2.47. The van der Waals surface area contributed by atoms with Gasteiger partial charge >= 0.3 is 0 Å². The minimum absolute atomic E-state index is 0.149. The molecule has 0 aliphatic carbocycles. The Balaban J connectivity index is 1.58. The number of aryl methyl sites for hydroxylation is 1. The molecule has 130 valence electrons. The maximum Gasteiger partial charge on any atom is 0.253 e. The van der Waals surface area contributed by atoms with Crippen LogP contribution in [0.2, 0.25) is 0 Å². The smallest absolute Gasteiger partial charge is 0.253 e. The Morgan fingerprint density at radius 1 is 1.20 bits per heavy atom. The molecule has 0 radical (unpaired) electrons. The lowest BCUT2D eigenvalue weighted by Crippen LogP contribution is -2.26. The van der Waals surface area contributed by atoms with E-state index in [1.807, 2.05) is 56.3 Å². The van der Waals surface area contributed by atoms with Gasteiger partial charge in [0.15, 0.2) is 11.5 Å². The van der Waals surface area contributed by atoms with Gasteiger partial charge < -0.3 is 9.47 Å². The van der Waals surface area contributed by atoms with Gasteiger partial charge in [-0.2, -0.15) is 5.10 Å². The van der Waals surface area contributed by atoms with E-state index >= 15 is 0 Å². The number of hydrogen-bond acceptors (Lipinski definition) is 5. The number of ether oxygens (including phenoxy) is 2. The van der Waals surface area contributed by atoms with Crippen LogP contribution in [-0.2, 0) is 4.79 Å². The van der Waals surface area contributed by atoms with Crippen LogP contribution in [0.4, 0.5) is 0 Å². The summed E-state index contributed by atoms with van der Waals surface area (Å²) < 4.78 is 11.1. The molecule has 0 bridgehead atoms. The number of carbonyl (C=O) groups excluding carboxylic acids is 1. The zero-order valence-electron chi connectivity index (χ0n) is 14.2. The van der Waals surface area contributed by atoms with Gasteiger partial charge in [-0.05, 0) is 38.1 Å². The Bertz CT molecular complexity index is 775. The minimum Gasteiger partial charge on any atom is -0.486 e. The van der Waals surface area contributed by atoms with Crippen molar-refractivity contribution in [3.8, 4) is 11.5 Å². The number of para-hydroxylation sites is 1. The number of fused-ring (bicyclic) bond motifs is 1. The molecule has 1 amide bonds. The number of carbonyl (C=O) groups is 1. The van der Waals surface area contributed by atoms with Crippen LogP contribution < -0.4 is 14.9 Å². The number of hydrogen-bond donors (Lipinski definition) is 1. The van der Waals surface area contributed by atoms with Crippen molar-refractivity contribution >= 4 is 23.9 Å². The third-order valence-corrected chi connectivity index (χ3v) is 4.79. The molecule has 6 heteroatoms. The van der Waals surface area contributed by atoms with Crippen LogP contribution in [0.5, 0.6) is 11.5 Å². The third kappa shape index (κ3) is 4.54. The van der Waals surface area contributed by atoms with Crippen LogP contribution in [0.15, 0.2) is 52.5 Å². The molecule has 0 aromatic heterocycles. The predicted octanol–water partition coefficient (Wildman–Crippen LogP) is 3.40. The fraction of sp³-hybridized carbons (Fsp3) is 0.263. The van der Waals surface area contributed by atoms with Gasteiger partial charge in [0.05, 0.1) is 11.5 Å². The fourth-order valence-corrected chi connectivity index (χ4v) is 3.19. The highest BCUT2D eigenvalue weighted by atomic mass is 32.2. The first-order valence-electron chi connectivity index (χ1n) is 8.08. The molecule has 0 spiro atoms. The predicted molar refractivity (Wildman–Crippen MR) is 99.7 cm³/mol. The Morgan fingerprint density at radius 3 is 2.76 bits per heavy atom. The molecule has 1 aliphatic rings. The zero-order valence-corrected chi connectivity index (χ0v) is 15.0. The highest BCUT2D eigenvalue weighted by Crippen LogP contribution is 2.32. The van der Waals surface area contributed by atoms with E-state index in [0.717, 1.165) is 10.5 Å². The molecule has 1 N–H and O–H groups in total. The number of nitrogens with zero attached hydrogens (tertiary/aromatic N) is 1. The van der Waals surface area contributed by atoms with Gasteiger partial charge in [-0.3, -0.25) is 4.79 Å². The second-order valence-electron chi connectivity index (χ2n) is 5.68. The molecule has 1 heterocycles. The van der Waals surface area contributed by atoms with E-state index in [9.17, 15) is 4.79 Å². The lowest BCUT2D eigenvalue weighted by Gasteiger charge is -2.19. The zero-order chi connectivity index (χ0) is 17.6.